The topological polar surface area (TPSA) is 48.1 Å². The number of carbonyl (C=O) groups excluding carboxylic acids is 1. The van der Waals surface area contributed by atoms with Crippen LogP contribution in [0, 0.1) is 5.92 Å². The Morgan fingerprint density at radius 1 is 1.12 bits per heavy atom. The van der Waals surface area contributed by atoms with Gasteiger partial charge < -0.3 is 15.2 Å². The average molecular weight is 368 g/mol. The van der Waals surface area contributed by atoms with Gasteiger partial charge in [-0.1, -0.05) is 29.8 Å². The summed E-state index contributed by atoms with van der Waals surface area (Å²) in [6.07, 6.45) is 5.27. The summed E-state index contributed by atoms with van der Waals surface area (Å²) >= 11 is 5.88. The van der Waals surface area contributed by atoms with E-state index in [0.717, 1.165) is 38.0 Å². The summed E-state index contributed by atoms with van der Waals surface area (Å²) in [6.45, 7) is 1.60. The maximum Gasteiger partial charge on any atom is 0.321 e. The van der Waals surface area contributed by atoms with Crippen molar-refractivity contribution in [1.29, 1.82) is 0 Å². The summed E-state index contributed by atoms with van der Waals surface area (Å²) in [4.78, 5) is 17.7. The minimum atomic E-state index is -0.0298. The SMILES string of the molecule is O=C(Nc1ccc(Cl)cc1)N1CCC(Cc2c[nH]c3ccccc23)CC1. The second-order valence-corrected chi connectivity index (χ2v) is 7.37. The average Bonchev–Trinajstić information content (AvgIpc) is 3.07. The third kappa shape index (κ3) is 3.70. The molecule has 2 amide bonds. The highest BCUT2D eigenvalue weighted by molar-refractivity contribution is 6.30. The Bertz CT molecular complexity index is 895. The van der Waals surface area contributed by atoms with E-state index >= 15 is 0 Å². The number of carbonyl (C=O) groups is 1. The number of nitrogens with one attached hydrogen (secondary N) is 2. The monoisotopic (exact) mass is 367 g/mol. The number of rotatable bonds is 3. The second kappa shape index (κ2) is 7.42. The fraction of sp³-hybridized carbons (Fsp3) is 0.286. The molecule has 1 aliphatic rings. The number of urea groups is 1. The maximum absolute atomic E-state index is 12.4. The molecule has 0 spiro atoms. The molecule has 2 aromatic carbocycles. The lowest BCUT2D eigenvalue weighted by atomic mass is 9.90. The number of para-hydroxylation sites is 1. The number of halogens is 1. The summed E-state index contributed by atoms with van der Waals surface area (Å²) in [5.41, 5.74) is 3.35. The van der Waals surface area contributed by atoms with E-state index in [9.17, 15) is 4.79 Å². The van der Waals surface area contributed by atoms with Gasteiger partial charge in [0.2, 0.25) is 0 Å². The van der Waals surface area contributed by atoms with E-state index in [1.165, 1.54) is 16.5 Å². The van der Waals surface area contributed by atoms with Crippen LogP contribution in [0.5, 0.6) is 0 Å². The van der Waals surface area contributed by atoms with Crippen molar-refractivity contribution in [1.82, 2.24) is 9.88 Å². The van der Waals surface area contributed by atoms with Crippen LogP contribution in [-0.4, -0.2) is 29.0 Å². The molecule has 0 bridgehead atoms. The zero-order valence-corrected chi connectivity index (χ0v) is 15.3. The number of aromatic amines is 1. The molecule has 0 atom stereocenters. The van der Waals surface area contributed by atoms with Crippen molar-refractivity contribution >= 4 is 34.2 Å². The fourth-order valence-corrected chi connectivity index (χ4v) is 3.81. The molecule has 1 aromatic heterocycles. The molecule has 134 valence electrons. The number of amides is 2. The predicted molar refractivity (Wildman–Crippen MR) is 107 cm³/mol. The highest BCUT2D eigenvalue weighted by Crippen LogP contribution is 2.26. The summed E-state index contributed by atoms with van der Waals surface area (Å²) in [7, 11) is 0. The van der Waals surface area contributed by atoms with Crippen molar-refractivity contribution in [2.45, 2.75) is 19.3 Å². The predicted octanol–water partition coefficient (Wildman–Crippen LogP) is 5.31. The zero-order valence-electron chi connectivity index (χ0n) is 14.5. The van der Waals surface area contributed by atoms with Gasteiger partial charge in [0.25, 0.3) is 0 Å². The standard InChI is InChI=1S/C21H22ClN3O/c22-17-5-7-18(8-6-17)24-21(26)25-11-9-15(10-12-25)13-16-14-23-20-4-2-1-3-19(16)20/h1-8,14-15,23H,9-13H2,(H,24,26). The van der Waals surface area contributed by atoms with Crippen LogP contribution in [-0.2, 0) is 6.42 Å². The van der Waals surface area contributed by atoms with Crippen molar-refractivity contribution in [3.63, 3.8) is 0 Å². The number of fused-ring (bicyclic) bond motifs is 1. The molecule has 3 aromatic rings. The lowest BCUT2D eigenvalue weighted by Crippen LogP contribution is -2.41. The van der Waals surface area contributed by atoms with E-state index in [0.29, 0.717) is 10.9 Å². The Morgan fingerprint density at radius 3 is 2.62 bits per heavy atom. The first-order valence-corrected chi connectivity index (χ1v) is 9.43. The molecule has 1 fully saturated rings. The zero-order chi connectivity index (χ0) is 17.9. The van der Waals surface area contributed by atoms with E-state index in [1.54, 1.807) is 12.1 Å². The van der Waals surface area contributed by atoms with Gasteiger partial charge in [0.05, 0.1) is 0 Å². The summed E-state index contributed by atoms with van der Waals surface area (Å²) in [5, 5.41) is 4.93. The Balaban J connectivity index is 1.32. The van der Waals surface area contributed by atoms with E-state index in [1.807, 2.05) is 17.0 Å². The van der Waals surface area contributed by atoms with Crippen molar-refractivity contribution in [3.8, 4) is 0 Å². The van der Waals surface area contributed by atoms with E-state index in [2.05, 4.69) is 40.8 Å². The van der Waals surface area contributed by atoms with Crippen LogP contribution >= 0.6 is 11.6 Å². The molecule has 4 rings (SSSR count). The van der Waals surface area contributed by atoms with Crippen LogP contribution in [0.1, 0.15) is 18.4 Å². The largest absolute Gasteiger partial charge is 0.361 e. The molecule has 0 aliphatic carbocycles. The first-order chi connectivity index (χ1) is 12.7. The van der Waals surface area contributed by atoms with Gasteiger partial charge in [0.15, 0.2) is 0 Å². The van der Waals surface area contributed by atoms with Crippen molar-refractivity contribution in [2.24, 2.45) is 5.92 Å². The molecule has 1 aliphatic heterocycles. The lowest BCUT2D eigenvalue weighted by molar-refractivity contribution is 0.182. The molecule has 0 radical (unpaired) electrons. The van der Waals surface area contributed by atoms with Crippen LogP contribution in [0.25, 0.3) is 10.9 Å². The number of H-pyrrole nitrogens is 1. The minimum absolute atomic E-state index is 0.0298. The normalized spacial score (nSPS) is 15.3. The van der Waals surface area contributed by atoms with E-state index in [-0.39, 0.29) is 6.03 Å². The summed E-state index contributed by atoms with van der Waals surface area (Å²) < 4.78 is 0. The van der Waals surface area contributed by atoms with Crippen LogP contribution in [0.15, 0.2) is 54.7 Å². The first kappa shape index (κ1) is 17.0. The molecule has 0 saturated carbocycles. The molecule has 4 nitrogen and oxygen atoms in total. The Morgan fingerprint density at radius 2 is 1.85 bits per heavy atom. The smallest absolute Gasteiger partial charge is 0.321 e. The third-order valence-electron chi connectivity index (χ3n) is 5.18. The van der Waals surface area contributed by atoms with Gasteiger partial charge in [-0.25, -0.2) is 4.79 Å². The first-order valence-electron chi connectivity index (χ1n) is 9.05. The maximum atomic E-state index is 12.4. The summed E-state index contributed by atoms with van der Waals surface area (Å²) in [5.74, 6) is 0.619. The number of likely N-dealkylation sites (tertiary alicyclic amines) is 1. The van der Waals surface area contributed by atoms with Gasteiger partial charge in [-0.15, -0.1) is 0 Å². The van der Waals surface area contributed by atoms with Gasteiger partial charge in [-0.2, -0.15) is 0 Å². The molecular formula is C21H22ClN3O. The van der Waals surface area contributed by atoms with Crippen LogP contribution in [0.3, 0.4) is 0 Å². The third-order valence-corrected chi connectivity index (χ3v) is 5.43. The van der Waals surface area contributed by atoms with Gasteiger partial charge in [-0.3, -0.25) is 0 Å². The number of benzene rings is 2. The van der Waals surface area contributed by atoms with Crippen LogP contribution < -0.4 is 5.32 Å². The van der Waals surface area contributed by atoms with Crippen molar-refractivity contribution < 1.29 is 4.79 Å². The lowest BCUT2D eigenvalue weighted by Gasteiger charge is -2.32. The van der Waals surface area contributed by atoms with Crippen LogP contribution in [0.2, 0.25) is 5.02 Å². The molecule has 5 heteroatoms. The van der Waals surface area contributed by atoms with E-state index < -0.39 is 0 Å². The number of anilines is 1. The highest BCUT2D eigenvalue weighted by Gasteiger charge is 2.23. The van der Waals surface area contributed by atoms with Gasteiger partial charge in [-0.05, 0) is 61.1 Å². The van der Waals surface area contributed by atoms with Gasteiger partial charge >= 0.3 is 6.03 Å². The Labute approximate surface area is 158 Å². The number of aromatic nitrogens is 1. The number of hydrogen-bond donors (Lipinski definition) is 2. The molecular weight excluding hydrogens is 346 g/mol. The highest BCUT2D eigenvalue weighted by atomic mass is 35.5. The quantitative estimate of drug-likeness (QED) is 0.647. The van der Waals surface area contributed by atoms with Gasteiger partial charge in [0, 0.05) is 40.9 Å². The van der Waals surface area contributed by atoms with E-state index in [4.69, 9.17) is 11.6 Å². The molecule has 0 unspecified atom stereocenters. The second-order valence-electron chi connectivity index (χ2n) is 6.93. The number of piperidine rings is 1. The Hall–Kier alpha value is -2.46. The minimum Gasteiger partial charge on any atom is -0.361 e. The Kier molecular flexibility index (Phi) is 4.85. The molecule has 1 saturated heterocycles. The van der Waals surface area contributed by atoms with Crippen molar-refractivity contribution in [2.75, 3.05) is 18.4 Å². The number of hydrogen-bond acceptors (Lipinski definition) is 1. The number of nitrogens with zero attached hydrogens (tertiary/aromatic N) is 1. The molecule has 2 N–H and O–H groups in total. The van der Waals surface area contributed by atoms with Crippen LogP contribution in [0.4, 0.5) is 10.5 Å². The molecule has 2 heterocycles. The summed E-state index contributed by atoms with van der Waals surface area (Å²) in [6, 6.07) is 15.6. The van der Waals surface area contributed by atoms with Crippen molar-refractivity contribution in [3.05, 3.63) is 65.3 Å². The van der Waals surface area contributed by atoms with Gasteiger partial charge in [0.1, 0.15) is 0 Å². The fourth-order valence-electron chi connectivity index (χ4n) is 3.69. The molecule has 26 heavy (non-hydrogen) atoms.